The minimum Gasteiger partial charge on any atom is -0.489 e. The molecule has 0 spiro atoms. The van der Waals surface area contributed by atoms with Crippen molar-refractivity contribution in [1.82, 2.24) is 0 Å². The van der Waals surface area contributed by atoms with Gasteiger partial charge in [0.2, 0.25) is 0 Å². The number of nitrogens with one attached hydrogen (secondary N) is 1. The summed E-state index contributed by atoms with van der Waals surface area (Å²) in [6, 6.07) is 13.1. The highest BCUT2D eigenvalue weighted by molar-refractivity contribution is 9.10. The molecule has 0 saturated heterocycles. The van der Waals surface area contributed by atoms with Crippen molar-refractivity contribution in [2.75, 3.05) is 11.9 Å². The zero-order valence-corrected chi connectivity index (χ0v) is 15.0. The Morgan fingerprint density at radius 3 is 2.61 bits per heavy atom. The van der Waals surface area contributed by atoms with E-state index in [1.54, 1.807) is 6.07 Å². The van der Waals surface area contributed by atoms with E-state index in [0.29, 0.717) is 17.2 Å². The summed E-state index contributed by atoms with van der Waals surface area (Å²) in [5, 5.41) is 2.81. The fourth-order valence-electron chi connectivity index (χ4n) is 1.98. The number of amides is 1. The second-order valence-corrected chi connectivity index (χ2v) is 6.29. The second kappa shape index (κ2) is 8.02. The number of carbonyl (C=O) groups excluding carboxylic acids is 1. The Morgan fingerprint density at radius 1 is 1.17 bits per heavy atom. The number of benzene rings is 2. The molecule has 0 atom stereocenters. The van der Waals surface area contributed by atoms with Crippen molar-refractivity contribution in [2.24, 2.45) is 0 Å². The highest BCUT2D eigenvalue weighted by Crippen LogP contribution is 2.27. The van der Waals surface area contributed by atoms with E-state index in [1.165, 1.54) is 0 Å². The molecule has 0 saturated carbocycles. The number of para-hydroxylation sites is 2. The summed E-state index contributed by atoms with van der Waals surface area (Å²) in [6.07, 6.45) is 0.0350. The van der Waals surface area contributed by atoms with Gasteiger partial charge in [-0.2, -0.15) is 0 Å². The molecule has 0 aliphatic rings. The van der Waals surface area contributed by atoms with Crippen LogP contribution >= 0.6 is 15.9 Å². The smallest absolute Gasteiger partial charge is 0.262 e. The Balaban J connectivity index is 1.97. The van der Waals surface area contributed by atoms with Crippen LogP contribution in [0.1, 0.15) is 19.4 Å². The Hall–Kier alpha value is -2.01. The number of carbonyl (C=O) groups is 1. The monoisotopic (exact) mass is 377 g/mol. The van der Waals surface area contributed by atoms with Gasteiger partial charge in [0, 0.05) is 0 Å². The van der Waals surface area contributed by atoms with E-state index in [2.05, 4.69) is 21.2 Å². The molecule has 0 aliphatic heterocycles. The van der Waals surface area contributed by atoms with Crippen LogP contribution in [0.5, 0.6) is 11.5 Å². The van der Waals surface area contributed by atoms with Gasteiger partial charge in [-0.25, -0.2) is 0 Å². The molecule has 2 aromatic carbocycles. The molecule has 5 heteroatoms. The van der Waals surface area contributed by atoms with Crippen molar-refractivity contribution in [2.45, 2.75) is 26.9 Å². The van der Waals surface area contributed by atoms with Crippen LogP contribution in [0.2, 0.25) is 0 Å². The third-order valence-corrected chi connectivity index (χ3v) is 3.59. The van der Waals surface area contributed by atoms with Crippen LogP contribution in [-0.2, 0) is 4.79 Å². The molecule has 2 aromatic rings. The summed E-state index contributed by atoms with van der Waals surface area (Å²) in [5.41, 5.74) is 1.76. The average molecular weight is 378 g/mol. The normalized spacial score (nSPS) is 10.5. The van der Waals surface area contributed by atoms with E-state index in [9.17, 15) is 4.79 Å². The first-order valence-corrected chi connectivity index (χ1v) is 8.19. The Morgan fingerprint density at radius 2 is 1.91 bits per heavy atom. The summed E-state index contributed by atoms with van der Waals surface area (Å²) < 4.78 is 12.1. The molecule has 23 heavy (non-hydrogen) atoms. The fraction of sp³-hybridized carbons (Fsp3) is 0.278. The Labute approximate surface area is 144 Å². The lowest BCUT2D eigenvalue weighted by Gasteiger charge is -2.15. The van der Waals surface area contributed by atoms with Gasteiger partial charge in [0.1, 0.15) is 11.5 Å². The SMILES string of the molecule is Cc1ccc(OCC(=O)Nc2ccccc2OC(C)C)c(Br)c1. The van der Waals surface area contributed by atoms with Crippen LogP contribution in [0.15, 0.2) is 46.9 Å². The van der Waals surface area contributed by atoms with Crippen LogP contribution in [0.25, 0.3) is 0 Å². The summed E-state index contributed by atoms with van der Waals surface area (Å²) in [6.45, 7) is 5.80. The van der Waals surface area contributed by atoms with Crippen molar-refractivity contribution < 1.29 is 14.3 Å². The quantitative estimate of drug-likeness (QED) is 0.802. The number of ether oxygens (including phenoxy) is 2. The number of halogens is 1. The van der Waals surface area contributed by atoms with Crippen molar-refractivity contribution in [3.63, 3.8) is 0 Å². The lowest BCUT2D eigenvalue weighted by atomic mass is 10.2. The van der Waals surface area contributed by atoms with Gasteiger partial charge in [-0.3, -0.25) is 4.79 Å². The van der Waals surface area contributed by atoms with Crippen LogP contribution in [-0.4, -0.2) is 18.6 Å². The highest BCUT2D eigenvalue weighted by Gasteiger charge is 2.10. The number of aryl methyl sites for hydroxylation is 1. The zero-order chi connectivity index (χ0) is 16.8. The molecule has 2 rings (SSSR count). The van der Waals surface area contributed by atoms with E-state index in [0.717, 1.165) is 10.0 Å². The Kier molecular flexibility index (Phi) is 6.04. The molecule has 122 valence electrons. The maximum atomic E-state index is 12.1. The largest absolute Gasteiger partial charge is 0.489 e. The lowest BCUT2D eigenvalue weighted by Crippen LogP contribution is -2.21. The number of hydrogen-bond acceptors (Lipinski definition) is 3. The average Bonchev–Trinajstić information content (AvgIpc) is 2.48. The minimum atomic E-state index is -0.239. The van der Waals surface area contributed by atoms with Crippen LogP contribution in [0.4, 0.5) is 5.69 Å². The van der Waals surface area contributed by atoms with Gasteiger partial charge in [0.15, 0.2) is 6.61 Å². The predicted octanol–water partition coefficient (Wildman–Crippen LogP) is 4.56. The number of anilines is 1. The number of rotatable bonds is 6. The van der Waals surface area contributed by atoms with Gasteiger partial charge in [-0.05, 0) is 66.5 Å². The molecular formula is C18H20BrNO3. The molecule has 4 nitrogen and oxygen atoms in total. The van der Waals surface area contributed by atoms with Crippen LogP contribution in [0.3, 0.4) is 0 Å². The third-order valence-electron chi connectivity index (χ3n) is 2.97. The minimum absolute atomic E-state index is 0.0350. The Bertz CT molecular complexity index is 686. The highest BCUT2D eigenvalue weighted by atomic mass is 79.9. The third kappa shape index (κ3) is 5.28. The topological polar surface area (TPSA) is 47.6 Å². The molecule has 0 fully saturated rings. The summed E-state index contributed by atoms with van der Waals surface area (Å²) in [4.78, 5) is 12.1. The van der Waals surface area contributed by atoms with Crippen molar-refractivity contribution in [1.29, 1.82) is 0 Å². The first-order valence-electron chi connectivity index (χ1n) is 7.40. The molecule has 1 N–H and O–H groups in total. The van der Waals surface area contributed by atoms with Crippen molar-refractivity contribution in [3.05, 3.63) is 52.5 Å². The maximum absolute atomic E-state index is 12.1. The van der Waals surface area contributed by atoms with Gasteiger partial charge >= 0.3 is 0 Å². The van der Waals surface area contributed by atoms with Crippen LogP contribution < -0.4 is 14.8 Å². The summed E-state index contributed by atoms with van der Waals surface area (Å²) in [7, 11) is 0. The maximum Gasteiger partial charge on any atom is 0.262 e. The van der Waals surface area contributed by atoms with E-state index in [1.807, 2.05) is 57.2 Å². The van der Waals surface area contributed by atoms with Gasteiger partial charge < -0.3 is 14.8 Å². The lowest BCUT2D eigenvalue weighted by molar-refractivity contribution is -0.118. The van der Waals surface area contributed by atoms with E-state index in [4.69, 9.17) is 9.47 Å². The van der Waals surface area contributed by atoms with E-state index >= 15 is 0 Å². The van der Waals surface area contributed by atoms with Gasteiger partial charge in [-0.1, -0.05) is 18.2 Å². The van der Waals surface area contributed by atoms with Gasteiger partial charge in [-0.15, -0.1) is 0 Å². The summed E-state index contributed by atoms with van der Waals surface area (Å²) >= 11 is 3.43. The standard InChI is InChI=1S/C18H20BrNO3/c1-12(2)23-17-7-5-4-6-15(17)20-18(21)11-22-16-9-8-13(3)10-14(16)19/h4-10,12H,11H2,1-3H3,(H,20,21). The summed E-state index contributed by atoms with van der Waals surface area (Å²) in [5.74, 6) is 1.04. The van der Waals surface area contributed by atoms with E-state index in [-0.39, 0.29) is 18.6 Å². The first kappa shape index (κ1) is 17.3. The van der Waals surface area contributed by atoms with Crippen molar-refractivity contribution in [3.8, 4) is 11.5 Å². The van der Waals surface area contributed by atoms with Gasteiger partial charge in [0.25, 0.3) is 5.91 Å². The molecule has 0 aliphatic carbocycles. The second-order valence-electron chi connectivity index (χ2n) is 5.43. The number of hydrogen-bond donors (Lipinski definition) is 1. The molecule has 0 heterocycles. The molecule has 0 radical (unpaired) electrons. The van der Waals surface area contributed by atoms with Gasteiger partial charge in [0.05, 0.1) is 16.3 Å². The molecule has 0 aromatic heterocycles. The van der Waals surface area contributed by atoms with Crippen molar-refractivity contribution >= 4 is 27.5 Å². The predicted molar refractivity (Wildman–Crippen MR) is 95.2 cm³/mol. The molecule has 0 unspecified atom stereocenters. The molecular weight excluding hydrogens is 358 g/mol. The fourth-order valence-corrected chi connectivity index (χ4v) is 2.59. The molecule has 0 bridgehead atoms. The first-order chi connectivity index (χ1) is 11.0. The van der Waals surface area contributed by atoms with E-state index < -0.39 is 0 Å². The zero-order valence-electron chi connectivity index (χ0n) is 13.4. The van der Waals surface area contributed by atoms with Crippen LogP contribution in [0, 0.1) is 6.92 Å². The molecule has 1 amide bonds.